The van der Waals surface area contributed by atoms with Gasteiger partial charge in [0, 0.05) is 13.1 Å². The Morgan fingerprint density at radius 2 is 2.06 bits per heavy atom. The maximum absolute atomic E-state index is 11.5. The summed E-state index contributed by atoms with van der Waals surface area (Å²) < 4.78 is 4.96. The Morgan fingerprint density at radius 1 is 1.31 bits per heavy atom. The molecule has 1 aromatic carbocycles. The summed E-state index contributed by atoms with van der Waals surface area (Å²) >= 11 is 0. The van der Waals surface area contributed by atoms with E-state index >= 15 is 0 Å². The van der Waals surface area contributed by atoms with E-state index in [4.69, 9.17) is 4.74 Å². The minimum atomic E-state index is -0.267. The first-order valence-corrected chi connectivity index (χ1v) is 5.60. The Bertz CT molecular complexity index is 391. The van der Waals surface area contributed by atoms with Gasteiger partial charge in [-0.25, -0.2) is 4.79 Å². The highest BCUT2D eigenvalue weighted by Gasteiger charge is 2.11. The van der Waals surface area contributed by atoms with Crippen LogP contribution in [0.15, 0.2) is 18.2 Å². The van der Waals surface area contributed by atoms with Crippen LogP contribution < -0.4 is 10.6 Å². The standard InChI is InChI=1S/C12H16N2O2/c1-2-16-12(15)9-4-5-10-11(8-9)14-7-3-6-13-10/h4-5,8,13-14H,2-3,6-7H2,1H3. The van der Waals surface area contributed by atoms with Crippen LogP contribution in [0.5, 0.6) is 0 Å². The normalized spacial score (nSPS) is 14.1. The van der Waals surface area contributed by atoms with E-state index in [-0.39, 0.29) is 5.97 Å². The van der Waals surface area contributed by atoms with Gasteiger partial charge < -0.3 is 15.4 Å². The Hall–Kier alpha value is -1.71. The minimum absolute atomic E-state index is 0.267. The third kappa shape index (κ3) is 2.27. The summed E-state index contributed by atoms with van der Waals surface area (Å²) in [6.45, 7) is 4.09. The molecule has 4 nitrogen and oxygen atoms in total. The summed E-state index contributed by atoms with van der Waals surface area (Å²) in [6, 6.07) is 5.54. The summed E-state index contributed by atoms with van der Waals surface area (Å²) in [5, 5.41) is 6.60. The Labute approximate surface area is 95.0 Å². The molecule has 4 heteroatoms. The molecule has 0 radical (unpaired) electrons. The molecule has 2 N–H and O–H groups in total. The van der Waals surface area contributed by atoms with Gasteiger partial charge in [0.25, 0.3) is 0 Å². The first kappa shape index (κ1) is 10.8. The zero-order valence-electron chi connectivity index (χ0n) is 9.38. The van der Waals surface area contributed by atoms with Crippen molar-refractivity contribution in [3.63, 3.8) is 0 Å². The van der Waals surface area contributed by atoms with E-state index in [0.717, 1.165) is 30.9 Å². The van der Waals surface area contributed by atoms with E-state index in [1.54, 1.807) is 13.0 Å². The number of esters is 1. The van der Waals surface area contributed by atoms with Gasteiger partial charge in [-0.1, -0.05) is 0 Å². The Balaban J connectivity index is 2.23. The molecule has 0 atom stereocenters. The van der Waals surface area contributed by atoms with Gasteiger partial charge in [-0.15, -0.1) is 0 Å². The van der Waals surface area contributed by atoms with Crippen molar-refractivity contribution in [3.05, 3.63) is 23.8 Å². The molecule has 0 saturated heterocycles. The lowest BCUT2D eigenvalue weighted by Gasteiger charge is -2.10. The van der Waals surface area contributed by atoms with Crippen molar-refractivity contribution in [2.45, 2.75) is 13.3 Å². The van der Waals surface area contributed by atoms with E-state index in [0.29, 0.717) is 12.2 Å². The van der Waals surface area contributed by atoms with Gasteiger partial charge in [-0.3, -0.25) is 0 Å². The summed E-state index contributed by atoms with van der Waals surface area (Å²) in [6.07, 6.45) is 1.07. The lowest BCUT2D eigenvalue weighted by molar-refractivity contribution is 0.0526. The summed E-state index contributed by atoms with van der Waals surface area (Å²) in [4.78, 5) is 11.5. The fourth-order valence-corrected chi connectivity index (χ4v) is 1.72. The number of fused-ring (bicyclic) bond motifs is 1. The van der Waals surface area contributed by atoms with Crippen molar-refractivity contribution in [3.8, 4) is 0 Å². The number of benzene rings is 1. The largest absolute Gasteiger partial charge is 0.462 e. The molecule has 0 amide bonds. The fourth-order valence-electron chi connectivity index (χ4n) is 1.72. The SMILES string of the molecule is CCOC(=O)c1ccc2c(c1)NCCCN2. The number of hydrogen-bond acceptors (Lipinski definition) is 4. The molecule has 0 fully saturated rings. The maximum atomic E-state index is 11.5. The average Bonchev–Trinajstić information content (AvgIpc) is 2.53. The Morgan fingerprint density at radius 3 is 2.81 bits per heavy atom. The van der Waals surface area contributed by atoms with Gasteiger partial charge in [0.05, 0.1) is 23.5 Å². The van der Waals surface area contributed by atoms with Crippen molar-refractivity contribution in [1.29, 1.82) is 0 Å². The summed E-state index contributed by atoms with van der Waals surface area (Å²) in [7, 11) is 0. The smallest absolute Gasteiger partial charge is 0.338 e. The van der Waals surface area contributed by atoms with Crippen molar-refractivity contribution >= 4 is 17.3 Å². The van der Waals surface area contributed by atoms with E-state index < -0.39 is 0 Å². The highest BCUT2D eigenvalue weighted by atomic mass is 16.5. The average molecular weight is 220 g/mol. The molecule has 86 valence electrons. The first-order valence-electron chi connectivity index (χ1n) is 5.60. The number of carbonyl (C=O) groups excluding carboxylic acids is 1. The third-order valence-electron chi connectivity index (χ3n) is 2.52. The molecular formula is C12H16N2O2. The van der Waals surface area contributed by atoms with Crippen LogP contribution in [0.1, 0.15) is 23.7 Å². The number of nitrogens with one attached hydrogen (secondary N) is 2. The van der Waals surface area contributed by atoms with Gasteiger partial charge >= 0.3 is 5.97 Å². The lowest BCUT2D eigenvalue weighted by atomic mass is 10.1. The molecule has 0 aliphatic carbocycles. The van der Waals surface area contributed by atoms with Crippen LogP contribution in [-0.4, -0.2) is 25.7 Å². The molecule has 2 rings (SSSR count). The number of rotatable bonds is 2. The van der Waals surface area contributed by atoms with Crippen LogP contribution in [0.3, 0.4) is 0 Å². The summed E-state index contributed by atoms with van der Waals surface area (Å²) in [5.41, 5.74) is 2.62. The molecule has 0 saturated carbocycles. The number of carbonyl (C=O) groups is 1. The second-order valence-corrected chi connectivity index (χ2v) is 3.69. The van der Waals surface area contributed by atoms with E-state index in [2.05, 4.69) is 10.6 Å². The number of hydrogen-bond donors (Lipinski definition) is 2. The van der Waals surface area contributed by atoms with Gasteiger partial charge in [-0.2, -0.15) is 0 Å². The maximum Gasteiger partial charge on any atom is 0.338 e. The van der Waals surface area contributed by atoms with Crippen LogP contribution in [0.25, 0.3) is 0 Å². The molecule has 1 aromatic rings. The van der Waals surface area contributed by atoms with E-state index in [1.165, 1.54) is 0 Å². The molecule has 1 aliphatic rings. The molecule has 0 bridgehead atoms. The van der Waals surface area contributed by atoms with Crippen molar-refractivity contribution in [2.24, 2.45) is 0 Å². The minimum Gasteiger partial charge on any atom is -0.462 e. The topological polar surface area (TPSA) is 50.4 Å². The highest BCUT2D eigenvalue weighted by Crippen LogP contribution is 2.25. The second-order valence-electron chi connectivity index (χ2n) is 3.69. The van der Waals surface area contributed by atoms with Crippen LogP contribution in [0, 0.1) is 0 Å². The first-order chi connectivity index (χ1) is 7.81. The van der Waals surface area contributed by atoms with Gasteiger partial charge in [0.15, 0.2) is 0 Å². The van der Waals surface area contributed by atoms with Crippen LogP contribution >= 0.6 is 0 Å². The van der Waals surface area contributed by atoms with Crippen molar-refractivity contribution in [1.82, 2.24) is 0 Å². The van der Waals surface area contributed by atoms with Crippen molar-refractivity contribution < 1.29 is 9.53 Å². The molecule has 1 aliphatic heterocycles. The predicted molar refractivity (Wildman–Crippen MR) is 64.0 cm³/mol. The quantitative estimate of drug-likeness (QED) is 0.749. The van der Waals surface area contributed by atoms with E-state index in [1.807, 2.05) is 12.1 Å². The predicted octanol–water partition coefficient (Wildman–Crippen LogP) is 2.09. The number of anilines is 2. The molecule has 0 unspecified atom stereocenters. The van der Waals surface area contributed by atoms with Gasteiger partial charge in [-0.05, 0) is 31.5 Å². The molecule has 16 heavy (non-hydrogen) atoms. The van der Waals surface area contributed by atoms with E-state index in [9.17, 15) is 4.79 Å². The highest BCUT2D eigenvalue weighted by molar-refractivity contribution is 5.92. The number of ether oxygens (including phenoxy) is 1. The monoisotopic (exact) mass is 220 g/mol. The molecule has 0 aromatic heterocycles. The van der Waals surface area contributed by atoms with Gasteiger partial charge in [0.2, 0.25) is 0 Å². The van der Waals surface area contributed by atoms with Crippen molar-refractivity contribution in [2.75, 3.05) is 30.3 Å². The van der Waals surface area contributed by atoms with Crippen LogP contribution in [-0.2, 0) is 4.74 Å². The molecule has 0 spiro atoms. The van der Waals surface area contributed by atoms with Crippen LogP contribution in [0.2, 0.25) is 0 Å². The third-order valence-corrected chi connectivity index (χ3v) is 2.52. The second kappa shape index (κ2) is 4.88. The fraction of sp³-hybridized carbons (Fsp3) is 0.417. The zero-order valence-corrected chi connectivity index (χ0v) is 9.38. The van der Waals surface area contributed by atoms with Crippen LogP contribution in [0.4, 0.5) is 11.4 Å². The molecular weight excluding hydrogens is 204 g/mol. The van der Waals surface area contributed by atoms with Gasteiger partial charge in [0.1, 0.15) is 0 Å². The Kier molecular flexibility index (Phi) is 3.29. The summed E-state index contributed by atoms with van der Waals surface area (Å²) in [5.74, 6) is -0.267. The zero-order chi connectivity index (χ0) is 11.4. The lowest BCUT2D eigenvalue weighted by Crippen LogP contribution is -2.06. The molecule has 1 heterocycles.